The number of nitrogens with one attached hydrogen (secondary N) is 1. The van der Waals surface area contributed by atoms with Gasteiger partial charge in [-0.2, -0.15) is 0 Å². The third-order valence-electron chi connectivity index (χ3n) is 5.54. The minimum atomic E-state index is 0.255. The molecule has 112 valence electrons. The highest BCUT2D eigenvalue weighted by Crippen LogP contribution is 2.41. The van der Waals surface area contributed by atoms with E-state index in [2.05, 4.69) is 26.1 Å². The Morgan fingerprint density at radius 2 is 1.74 bits per heavy atom. The van der Waals surface area contributed by atoms with Crippen LogP contribution in [0.15, 0.2) is 0 Å². The maximum atomic E-state index is 6.08. The monoisotopic (exact) mass is 266 g/mol. The van der Waals surface area contributed by atoms with Crippen molar-refractivity contribution in [2.24, 2.45) is 23.0 Å². The summed E-state index contributed by atoms with van der Waals surface area (Å²) in [6, 6.07) is 0. The van der Waals surface area contributed by atoms with Crippen molar-refractivity contribution in [2.45, 2.75) is 77.7 Å². The lowest BCUT2D eigenvalue weighted by Gasteiger charge is -2.44. The second-order valence-corrected chi connectivity index (χ2v) is 8.14. The van der Waals surface area contributed by atoms with E-state index in [1.54, 1.807) is 0 Å². The average Bonchev–Trinajstić information content (AvgIpc) is 3.18. The lowest BCUT2D eigenvalue weighted by Crippen LogP contribution is -2.54. The summed E-state index contributed by atoms with van der Waals surface area (Å²) < 4.78 is 0. The fraction of sp³-hybridized carbons (Fsp3) is 1.00. The summed E-state index contributed by atoms with van der Waals surface area (Å²) in [6.45, 7) is 9.14. The molecule has 2 aliphatic carbocycles. The predicted molar refractivity (Wildman–Crippen MR) is 83.2 cm³/mol. The van der Waals surface area contributed by atoms with Crippen molar-refractivity contribution in [3.8, 4) is 0 Å². The van der Waals surface area contributed by atoms with Crippen LogP contribution in [-0.2, 0) is 0 Å². The smallest absolute Gasteiger partial charge is 0.0304 e. The van der Waals surface area contributed by atoms with Gasteiger partial charge in [-0.15, -0.1) is 0 Å². The van der Waals surface area contributed by atoms with E-state index in [-0.39, 0.29) is 5.54 Å². The lowest BCUT2D eigenvalue weighted by atomic mass is 9.67. The second-order valence-electron chi connectivity index (χ2n) is 8.14. The molecule has 2 nitrogen and oxygen atoms in total. The molecule has 0 atom stereocenters. The zero-order valence-electron chi connectivity index (χ0n) is 13.3. The van der Waals surface area contributed by atoms with Crippen LogP contribution in [0.1, 0.15) is 72.1 Å². The molecule has 0 aromatic heterocycles. The highest BCUT2D eigenvalue weighted by Gasteiger charge is 2.37. The van der Waals surface area contributed by atoms with Crippen LogP contribution in [0.4, 0.5) is 0 Å². The van der Waals surface area contributed by atoms with Crippen molar-refractivity contribution < 1.29 is 0 Å². The van der Waals surface area contributed by atoms with E-state index in [9.17, 15) is 0 Å². The van der Waals surface area contributed by atoms with Crippen molar-refractivity contribution in [3.63, 3.8) is 0 Å². The summed E-state index contributed by atoms with van der Waals surface area (Å²) in [5.74, 6) is 1.94. The topological polar surface area (TPSA) is 38.0 Å². The number of hydrogen-bond acceptors (Lipinski definition) is 2. The van der Waals surface area contributed by atoms with Gasteiger partial charge in [0.25, 0.3) is 0 Å². The van der Waals surface area contributed by atoms with Gasteiger partial charge in [-0.1, -0.05) is 33.6 Å². The maximum Gasteiger partial charge on any atom is 0.0304 e. The van der Waals surface area contributed by atoms with Gasteiger partial charge in [0.2, 0.25) is 0 Å². The summed E-state index contributed by atoms with van der Waals surface area (Å²) in [4.78, 5) is 0. The molecule has 0 bridgehead atoms. The number of rotatable bonds is 6. The molecule has 2 heteroatoms. The van der Waals surface area contributed by atoms with E-state index in [0.29, 0.717) is 5.41 Å². The minimum absolute atomic E-state index is 0.255. The van der Waals surface area contributed by atoms with Gasteiger partial charge in [0.05, 0.1) is 0 Å². The van der Waals surface area contributed by atoms with Crippen LogP contribution in [0.3, 0.4) is 0 Å². The fourth-order valence-corrected chi connectivity index (χ4v) is 3.64. The summed E-state index contributed by atoms with van der Waals surface area (Å²) in [6.07, 6.45) is 11.0. The van der Waals surface area contributed by atoms with E-state index in [1.165, 1.54) is 57.9 Å². The largest absolute Gasteiger partial charge is 0.329 e. The lowest BCUT2D eigenvalue weighted by molar-refractivity contribution is 0.117. The van der Waals surface area contributed by atoms with E-state index >= 15 is 0 Å². The van der Waals surface area contributed by atoms with Gasteiger partial charge in [0.1, 0.15) is 0 Å². The zero-order valence-corrected chi connectivity index (χ0v) is 13.3. The van der Waals surface area contributed by atoms with Crippen LogP contribution in [0, 0.1) is 17.3 Å². The molecule has 0 unspecified atom stereocenters. The Morgan fingerprint density at radius 1 is 1.11 bits per heavy atom. The van der Waals surface area contributed by atoms with Crippen LogP contribution >= 0.6 is 0 Å². The van der Waals surface area contributed by atoms with Crippen molar-refractivity contribution in [3.05, 3.63) is 0 Å². The van der Waals surface area contributed by atoms with Gasteiger partial charge in [-0.25, -0.2) is 0 Å². The highest BCUT2D eigenvalue weighted by molar-refractivity contribution is 4.95. The normalized spacial score (nSPS) is 32.5. The van der Waals surface area contributed by atoms with Crippen LogP contribution in [-0.4, -0.2) is 18.6 Å². The molecule has 2 aliphatic rings. The molecule has 0 saturated heterocycles. The summed E-state index contributed by atoms with van der Waals surface area (Å²) >= 11 is 0. The Bertz CT molecular complexity index is 267. The SMILES string of the molecule is CC(C)(C)C1CCC(CN)(NCCCC2CC2)CC1. The minimum Gasteiger partial charge on any atom is -0.329 e. The average molecular weight is 266 g/mol. The summed E-state index contributed by atoms with van der Waals surface area (Å²) in [7, 11) is 0. The molecule has 0 spiro atoms. The van der Waals surface area contributed by atoms with E-state index in [4.69, 9.17) is 5.73 Å². The van der Waals surface area contributed by atoms with Crippen molar-refractivity contribution in [1.82, 2.24) is 5.32 Å². The molecule has 3 N–H and O–H groups in total. The van der Waals surface area contributed by atoms with Crippen molar-refractivity contribution >= 4 is 0 Å². The van der Waals surface area contributed by atoms with Crippen LogP contribution in [0.25, 0.3) is 0 Å². The molecular weight excluding hydrogens is 232 g/mol. The Hall–Kier alpha value is -0.0800. The molecule has 0 aromatic carbocycles. The molecule has 0 radical (unpaired) electrons. The first-order valence-corrected chi connectivity index (χ1v) is 8.40. The van der Waals surface area contributed by atoms with Crippen LogP contribution < -0.4 is 11.1 Å². The van der Waals surface area contributed by atoms with Gasteiger partial charge in [-0.3, -0.25) is 0 Å². The van der Waals surface area contributed by atoms with E-state index < -0.39 is 0 Å². The van der Waals surface area contributed by atoms with Crippen molar-refractivity contribution in [1.29, 1.82) is 0 Å². The summed E-state index contributed by atoms with van der Waals surface area (Å²) in [5, 5.41) is 3.81. The Kier molecular flexibility index (Phi) is 4.94. The molecule has 0 heterocycles. The Morgan fingerprint density at radius 3 is 2.21 bits per heavy atom. The first-order chi connectivity index (χ1) is 8.95. The number of nitrogens with two attached hydrogens (primary N) is 1. The molecule has 19 heavy (non-hydrogen) atoms. The summed E-state index contributed by atoms with van der Waals surface area (Å²) in [5.41, 5.74) is 6.80. The standard InChI is InChI=1S/C17H34N2/c1-16(2,3)15-8-10-17(13-18,11-9-15)19-12-4-5-14-6-7-14/h14-15,19H,4-13,18H2,1-3H3. The highest BCUT2D eigenvalue weighted by atomic mass is 15.0. The molecule has 2 fully saturated rings. The van der Waals surface area contributed by atoms with E-state index in [0.717, 1.165) is 18.4 Å². The van der Waals surface area contributed by atoms with E-state index in [1.807, 2.05) is 0 Å². The van der Waals surface area contributed by atoms with Gasteiger partial charge in [-0.05, 0) is 62.3 Å². The Balaban J connectivity index is 1.73. The maximum absolute atomic E-state index is 6.08. The van der Waals surface area contributed by atoms with Crippen molar-refractivity contribution in [2.75, 3.05) is 13.1 Å². The quantitative estimate of drug-likeness (QED) is 0.719. The third kappa shape index (κ3) is 4.46. The van der Waals surface area contributed by atoms with Gasteiger partial charge in [0.15, 0.2) is 0 Å². The second kappa shape index (κ2) is 6.13. The molecule has 2 rings (SSSR count). The van der Waals surface area contributed by atoms with Crippen LogP contribution in [0.2, 0.25) is 0 Å². The van der Waals surface area contributed by atoms with Gasteiger partial charge in [0, 0.05) is 12.1 Å². The van der Waals surface area contributed by atoms with Crippen LogP contribution in [0.5, 0.6) is 0 Å². The zero-order chi connectivity index (χ0) is 13.9. The van der Waals surface area contributed by atoms with Gasteiger partial charge < -0.3 is 11.1 Å². The molecular formula is C17H34N2. The first kappa shape index (κ1) is 15.3. The first-order valence-electron chi connectivity index (χ1n) is 8.40. The predicted octanol–water partition coefficient (Wildman–Crippen LogP) is 3.70. The fourth-order valence-electron chi connectivity index (χ4n) is 3.64. The number of hydrogen-bond donors (Lipinski definition) is 2. The van der Waals surface area contributed by atoms with Gasteiger partial charge >= 0.3 is 0 Å². The molecule has 0 aliphatic heterocycles. The molecule has 0 amide bonds. The molecule has 2 saturated carbocycles. The Labute approximate surface area is 119 Å². The third-order valence-corrected chi connectivity index (χ3v) is 5.54. The molecule has 0 aromatic rings.